The number of carbonyl (C=O) groups is 2. The Morgan fingerprint density at radius 2 is 1.47 bits per heavy atom. The van der Waals surface area contributed by atoms with Gasteiger partial charge in [-0.3, -0.25) is 9.59 Å². The second-order valence-electron chi connectivity index (χ2n) is 7.10. The summed E-state index contributed by atoms with van der Waals surface area (Å²) in [6.45, 7) is 1.88. The number of furan rings is 1. The van der Waals surface area contributed by atoms with Crippen LogP contribution in [-0.2, 0) is 0 Å². The minimum Gasteiger partial charge on any atom is -0.451 e. The van der Waals surface area contributed by atoms with Gasteiger partial charge in [-0.1, -0.05) is 47.5 Å². The summed E-state index contributed by atoms with van der Waals surface area (Å²) in [5.41, 5.74) is 3.26. The van der Waals surface area contributed by atoms with Crippen LogP contribution in [0.2, 0.25) is 10.0 Å². The van der Waals surface area contributed by atoms with Crippen LogP contribution in [-0.4, -0.2) is 11.8 Å². The van der Waals surface area contributed by atoms with E-state index in [9.17, 15) is 9.59 Å². The molecule has 0 aliphatic rings. The second-order valence-corrected chi connectivity index (χ2v) is 7.91. The highest BCUT2D eigenvalue weighted by atomic mass is 35.5. The summed E-state index contributed by atoms with van der Waals surface area (Å²) in [6, 6.07) is 22.6. The first kappa shape index (κ1) is 21.7. The highest BCUT2D eigenvalue weighted by Crippen LogP contribution is 2.30. The maximum Gasteiger partial charge on any atom is 0.291 e. The zero-order valence-electron chi connectivity index (χ0n) is 17.0. The number of aryl methyl sites for hydroxylation is 1. The lowest BCUT2D eigenvalue weighted by Crippen LogP contribution is -2.14. The fraction of sp³-hybridized carbons (Fsp3) is 0.0400. The van der Waals surface area contributed by atoms with Gasteiger partial charge in [-0.15, -0.1) is 0 Å². The number of amides is 2. The number of halogens is 2. The quantitative estimate of drug-likeness (QED) is 0.331. The van der Waals surface area contributed by atoms with Gasteiger partial charge in [0, 0.05) is 22.5 Å². The van der Waals surface area contributed by atoms with Gasteiger partial charge in [0.25, 0.3) is 11.8 Å². The molecule has 4 rings (SSSR count). The van der Waals surface area contributed by atoms with E-state index in [1.807, 2.05) is 25.1 Å². The summed E-state index contributed by atoms with van der Waals surface area (Å²) in [5, 5.41) is 6.47. The maximum atomic E-state index is 12.6. The molecule has 4 aromatic rings. The Morgan fingerprint density at radius 1 is 0.750 bits per heavy atom. The van der Waals surface area contributed by atoms with Gasteiger partial charge in [0.15, 0.2) is 5.76 Å². The summed E-state index contributed by atoms with van der Waals surface area (Å²) in [4.78, 5) is 25.2. The summed E-state index contributed by atoms with van der Waals surface area (Å²) >= 11 is 12.0. The zero-order chi connectivity index (χ0) is 22.7. The Kier molecular flexibility index (Phi) is 6.30. The molecule has 0 spiro atoms. The lowest BCUT2D eigenvalue weighted by molar-refractivity contribution is 0.0995. The molecule has 1 heterocycles. The van der Waals surface area contributed by atoms with E-state index in [1.54, 1.807) is 60.7 Å². The topological polar surface area (TPSA) is 71.3 Å². The molecule has 0 unspecified atom stereocenters. The molecular weight excluding hydrogens is 447 g/mol. The van der Waals surface area contributed by atoms with Crippen molar-refractivity contribution in [3.05, 3.63) is 106 Å². The van der Waals surface area contributed by atoms with Crippen LogP contribution in [0.1, 0.15) is 26.5 Å². The van der Waals surface area contributed by atoms with E-state index in [-0.39, 0.29) is 11.7 Å². The zero-order valence-corrected chi connectivity index (χ0v) is 18.5. The minimum absolute atomic E-state index is 0.139. The van der Waals surface area contributed by atoms with E-state index in [0.29, 0.717) is 38.3 Å². The van der Waals surface area contributed by atoms with Crippen molar-refractivity contribution in [1.29, 1.82) is 0 Å². The van der Waals surface area contributed by atoms with Gasteiger partial charge in [0.05, 0.1) is 10.0 Å². The lowest BCUT2D eigenvalue weighted by atomic mass is 10.1. The first-order valence-corrected chi connectivity index (χ1v) is 10.5. The molecule has 2 amide bonds. The van der Waals surface area contributed by atoms with Gasteiger partial charge in [0.2, 0.25) is 0 Å². The molecule has 0 atom stereocenters. The maximum absolute atomic E-state index is 12.6. The van der Waals surface area contributed by atoms with Crippen molar-refractivity contribution in [2.45, 2.75) is 6.92 Å². The van der Waals surface area contributed by atoms with Crippen LogP contribution in [0.5, 0.6) is 0 Å². The van der Waals surface area contributed by atoms with Crippen molar-refractivity contribution in [3.63, 3.8) is 0 Å². The van der Waals surface area contributed by atoms with Crippen LogP contribution >= 0.6 is 23.2 Å². The van der Waals surface area contributed by atoms with Crippen LogP contribution in [0.15, 0.2) is 83.3 Å². The van der Waals surface area contributed by atoms with Crippen molar-refractivity contribution in [3.8, 4) is 11.3 Å². The summed E-state index contributed by atoms with van der Waals surface area (Å²) < 4.78 is 5.68. The van der Waals surface area contributed by atoms with E-state index >= 15 is 0 Å². The predicted molar refractivity (Wildman–Crippen MR) is 128 cm³/mol. The number of benzene rings is 3. The number of anilines is 2. The van der Waals surface area contributed by atoms with Gasteiger partial charge < -0.3 is 15.1 Å². The predicted octanol–water partition coefficient (Wildman–Crippen LogP) is 7.07. The molecule has 160 valence electrons. The summed E-state index contributed by atoms with van der Waals surface area (Å²) in [6.07, 6.45) is 0. The highest BCUT2D eigenvalue weighted by Gasteiger charge is 2.14. The standard InChI is InChI=1S/C25H18Cl2N2O3/c1-15-5-2-3-8-19(15)24(30)28-17-6-4-7-18(14-17)29-25(31)23-12-11-22(32-23)16-9-10-20(26)21(27)13-16/h2-14H,1H3,(H,28,30)(H,29,31). The van der Waals surface area contributed by atoms with Crippen LogP contribution in [0, 0.1) is 6.92 Å². The first-order valence-electron chi connectivity index (χ1n) is 9.74. The second kappa shape index (κ2) is 9.30. The molecule has 3 aromatic carbocycles. The fourth-order valence-corrected chi connectivity index (χ4v) is 3.46. The van der Waals surface area contributed by atoms with Crippen molar-refractivity contribution in [2.75, 3.05) is 10.6 Å². The molecule has 2 N–H and O–H groups in total. The number of nitrogens with one attached hydrogen (secondary N) is 2. The SMILES string of the molecule is Cc1ccccc1C(=O)Nc1cccc(NC(=O)c2ccc(-c3ccc(Cl)c(Cl)c3)o2)c1. The third-order valence-corrected chi connectivity index (χ3v) is 5.54. The Labute approximate surface area is 195 Å². The lowest BCUT2D eigenvalue weighted by Gasteiger charge is -2.09. The van der Waals surface area contributed by atoms with Crippen LogP contribution in [0.4, 0.5) is 11.4 Å². The van der Waals surface area contributed by atoms with Crippen LogP contribution in [0.25, 0.3) is 11.3 Å². The van der Waals surface area contributed by atoms with Gasteiger partial charge in [-0.05, 0) is 67.1 Å². The van der Waals surface area contributed by atoms with Gasteiger partial charge in [0.1, 0.15) is 5.76 Å². The average molecular weight is 465 g/mol. The van der Waals surface area contributed by atoms with Gasteiger partial charge >= 0.3 is 0 Å². The van der Waals surface area contributed by atoms with Crippen molar-refractivity contribution in [1.82, 2.24) is 0 Å². The smallest absolute Gasteiger partial charge is 0.291 e. The molecule has 0 saturated heterocycles. The summed E-state index contributed by atoms with van der Waals surface area (Å²) in [7, 11) is 0. The molecule has 0 fully saturated rings. The molecule has 0 aliphatic heterocycles. The van der Waals surface area contributed by atoms with Gasteiger partial charge in [-0.2, -0.15) is 0 Å². The third-order valence-electron chi connectivity index (χ3n) is 4.80. The Bertz CT molecular complexity index is 1310. The molecule has 1 aromatic heterocycles. The molecule has 0 saturated carbocycles. The number of hydrogen-bond donors (Lipinski definition) is 2. The highest BCUT2D eigenvalue weighted by molar-refractivity contribution is 6.42. The van der Waals surface area contributed by atoms with Crippen LogP contribution in [0.3, 0.4) is 0 Å². The Morgan fingerprint density at radius 3 is 2.19 bits per heavy atom. The molecule has 7 heteroatoms. The van der Waals surface area contributed by atoms with Crippen molar-refractivity contribution < 1.29 is 14.0 Å². The van der Waals surface area contributed by atoms with Gasteiger partial charge in [-0.25, -0.2) is 0 Å². The molecule has 0 bridgehead atoms. The van der Waals surface area contributed by atoms with E-state index in [4.69, 9.17) is 27.6 Å². The molecule has 5 nitrogen and oxygen atoms in total. The number of carbonyl (C=O) groups excluding carboxylic acids is 2. The normalized spacial score (nSPS) is 10.6. The Hall–Kier alpha value is -3.54. The van der Waals surface area contributed by atoms with Crippen molar-refractivity contribution >= 4 is 46.4 Å². The molecule has 32 heavy (non-hydrogen) atoms. The van der Waals surface area contributed by atoms with E-state index in [1.165, 1.54) is 0 Å². The molecule has 0 aliphatic carbocycles. The average Bonchev–Trinajstić information content (AvgIpc) is 3.27. The van der Waals surface area contributed by atoms with E-state index in [0.717, 1.165) is 5.56 Å². The largest absolute Gasteiger partial charge is 0.451 e. The molecular formula is C25H18Cl2N2O3. The van der Waals surface area contributed by atoms with Crippen LogP contribution < -0.4 is 10.6 Å². The first-order chi connectivity index (χ1) is 15.4. The molecule has 0 radical (unpaired) electrons. The number of hydrogen-bond acceptors (Lipinski definition) is 3. The fourth-order valence-electron chi connectivity index (χ4n) is 3.16. The monoisotopic (exact) mass is 464 g/mol. The minimum atomic E-state index is -0.418. The third kappa shape index (κ3) is 4.85. The van der Waals surface area contributed by atoms with E-state index in [2.05, 4.69) is 10.6 Å². The van der Waals surface area contributed by atoms with Crippen molar-refractivity contribution in [2.24, 2.45) is 0 Å². The number of rotatable bonds is 5. The van der Waals surface area contributed by atoms with E-state index < -0.39 is 5.91 Å². The Balaban J connectivity index is 1.46. The summed E-state index contributed by atoms with van der Waals surface area (Å²) in [5.74, 6) is -0.00375.